The summed E-state index contributed by atoms with van der Waals surface area (Å²) in [5.41, 5.74) is 0.692. The highest BCUT2D eigenvalue weighted by Gasteiger charge is 2.38. The molecule has 0 radical (unpaired) electrons. The lowest BCUT2D eigenvalue weighted by Crippen LogP contribution is -2.41. The van der Waals surface area contributed by atoms with Gasteiger partial charge in [0.05, 0.1) is 4.91 Å². The number of thioether (sulfide) groups is 1. The molecule has 0 aliphatic carbocycles. The van der Waals surface area contributed by atoms with Crippen molar-refractivity contribution in [2.75, 3.05) is 0 Å². The Morgan fingerprint density at radius 3 is 2.75 bits per heavy atom. The molecule has 2 rings (SSSR count). The van der Waals surface area contributed by atoms with Crippen LogP contribution in [0.5, 0.6) is 0 Å². The van der Waals surface area contributed by atoms with Crippen molar-refractivity contribution in [3.05, 3.63) is 39.8 Å². The van der Waals surface area contributed by atoms with Gasteiger partial charge in [0.2, 0.25) is 0 Å². The van der Waals surface area contributed by atoms with Crippen molar-refractivity contribution in [3.63, 3.8) is 0 Å². The molecule has 1 aliphatic rings. The van der Waals surface area contributed by atoms with Crippen LogP contribution in [0.3, 0.4) is 0 Å². The third kappa shape index (κ3) is 2.87. The number of carboxylic acids is 1. The standard InChI is InChI=1S/C13H10ClNO3S2/c1-7(12(17)18)15-11(16)10(20-13(15)19)6-8-4-2-3-5-9(8)14/h2-7H,1H3,(H,17,18)/b10-6+/t7-/m1/s1. The van der Waals surface area contributed by atoms with Gasteiger partial charge in [0.1, 0.15) is 10.4 Å². The van der Waals surface area contributed by atoms with Gasteiger partial charge in [-0.15, -0.1) is 0 Å². The SMILES string of the molecule is C[C@H](C(=O)O)N1C(=O)/C(=C\c2ccccc2Cl)SC1=S. The van der Waals surface area contributed by atoms with E-state index in [1.165, 1.54) is 6.92 Å². The van der Waals surface area contributed by atoms with Crippen molar-refractivity contribution >= 4 is 57.9 Å². The number of hydrogen-bond acceptors (Lipinski definition) is 4. The summed E-state index contributed by atoms with van der Waals surface area (Å²) in [5, 5.41) is 9.51. The maximum Gasteiger partial charge on any atom is 0.326 e. The Bertz CT molecular complexity index is 630. The lowest BCUT2D eigenvalue weighted by atomic mass is 10.2. The minimum atomic E-state index is -1.10. The van der Waals surface area contributed by atoms with E-state index in [-0.39, 0.29) is 4.32 Å². The number of amides is 1. The Kier molecular flexibility index (Phi) is 4.47. The number of carbonyl (C=O) groups excluding carboxylic acids is 1. The molecule has 1 fully saturated rings. The summed E-state index contributed by atoms with van der Waals surface area (Å²) < 4.78 is 0.239. The molecule has 4 nitrogen and oxygen atoms in total. The molecule has 0 bridgehead atoms. The first kappa shape index (κ1) is 15.0. The molecule has 1 aromatic carbocycles. The van der Waals surface area contributed by atoms with Crippen molar-refractivity contribution in [2.24, 2.45) is 0 Å². The monoisotopic (exact) mass is 327 g/mol. The molecule has 0 unspecified atom stereocenters. The zero-order chi connectivity index (χ0) is 14.9. The number of rotatable bonds is 3. The van der Waals surface area contributed by atoms with Crippen LogP contribution in [0.1, 0.15) is 12.5 Å². The van der Waals surface area contributed by atoms with Crippen LogP contribution in [0, 0.1) is 0 Å². The second-order valence-electron chi connectivity index (χ2n) is 4.09. The van der Waals surface area contributed by atoms with Crippen molar-refractivity contribution < 1.29 is 14.7 Å². The van der Waals surface area contributed by atoms with Gasteiger partial charge in [0.25, 0.3) is 5.91 Å². The number of thiocarbonyl (C=S) groups is 1. The highest BCUT2D eigenvalue weighted by molar-refractivity contribution is 8.26. The molecule has 104 valence electrons. The number of halogens is 1. The summed E-state index contributed by atoms with van der Waals surface area (Å²) in [5.74, 6) is -1.50. The molecule has 0 spiro atoms. The van der Waals surface area contributed by atoms with Crippen LogP contribution in [0.4, 0.5) is 0 Å². The normalized spacial score (nSPS) is 18.7. The van der Waals surface area contributed by atoms with Crippen LogP contribution < -0.4 is 0 Å². The zero-order valence-corrected chi connectivity index (χ0v) is 12.8. The fourth-order valence-electron chi connectivity index (χ4n) is 1.66. The first-order valence-corrected chi connectivity index (χ1v) is 7.26. The van der Waals surface area contributed by atoms with Crippen LogP contribution in [-0.2, 0) is 9.59 Å². The Hall–Kier alpha value is -1.37. The highest BCUT2D eigenvalue weighted by atomic mass is 35.5. The molecule has 1 aliphatic heterocycles. The average molecular weight is 328 g/mol. The van der Waals surface area contributed by atoms with Gasteiger partial charge in [0.15, 0.2) is 0 Å². The van der Waals surface area contributed by atoms with Crippen LogP contribution in [-0.4, -0.2) is 32.2 Å². The van der Waals surface area contributed by atoms with E-state index in [2.05, 4.69) is 0 Å². The summed E-state index contributed by atoms with van der Waals surface area (Å²) in [6.45, 7) is 1.42. The van der Waals surface area contributed by atoms with Crippen LogP contribution in [0.15, 0.2) is 29.2 Å². The topological polar surface area (TPSA) is 57.6 Å². The van der Waals surface area contributed by atoms with Gasteiger partial charge in [-0.2, -0.15) is 0 Å². The number of carbonyl (C=O) groups is 2. The van der Waals surface area contributed by atoms with Crippen molar-refractivity contribution in [3.8, 4) is 0 Å². The van der Waals surface area contributed by atoms with Crippen molar-refractivity contribution in [2.45, 2.75) is 13.0 Å². The van der Waals surface area contributed by atoms with E-state index >= 15 is 0 Å². The molecule has 1 atom stereocenters. The maximum absolute atomic E-state index is 12.2. The Labute approximate surface area is 130 Å². The van der Waals surface area contributed by atoms with Crippen LogP contribution in [0.2, 0.25) is 5.02 Å². The summed E-state index contributed by atoms with van der Waals surface area (Å²) in [6.07, 6.45) is 1.62. The molecular formula is C13H10ClNO3S2. The second kappa shape index (κ2) is 5.95. The second-order valence-corrected chi connectivity index (χ2v) is 6.17. The largest absolute Gasteiger partial charge is 0.480 e. The highest BCUT2D eigenvalue weighted by Crippen LogP contribution is 2.34. The molecule has 20 heavy (non-hydrogen) atoms. The first-order valence-electron chi connectivity index (χ1n) is 5.66. The van der Waals surface area contributed by atoms with E-state index in [1.54, 1.807) is 30.3 Å². The van der Waals surface area contributed by atoms with Crippen LogP contribution in [0.25, 0.3) is 6.08 Å². The molecule has 1 N–H and O–H groups in total. The van der Waals surface area contributed by atoms with E-state index < -0.39 is 17.9 Å². The lowest BCUT2D eigenvalue weighted by molar-refractivity contribution is -0.144. The molecular weight excluding hydrogens is 318 g/mol. The number of hydrogen-bond donors (Lipinski definition) is 1. The van der Waals surface area contributed by atoms with Gasteiger partial charge in [-0.25, -0.2) is 4.79 Å². The average Bonchev–Trinajstić information content (AvgIpc) is 2.66. The molecule has 1 aromatic rings. The van der Waals surface area contributed by atoms with Crippen molar-refractivity contribution in [1.29, 1.82) is 0 Å². The molecule has 1 heterocycles. The number of carboxylic acid groups (broad SMARTS) is 1. The van der Waals surface area contributed by atoms with E-state index in [0.717, 1.165) is 16.7 Å². The summed E-state index contributed by atoms with van der Waals surface area (Å²) in [7, 11) is 0. The minimum absolute atomic E-state index is 0.239. The zero-order valence-electron chi connectivity index (χ0n) is 10.4. The van der Waals surface area contributed by atoms with Crippen molar-refractivity contribution in [1.82, 2.24) is 4.90 Å². The minimum Gasteiger partial charge on any atom is -0.480 e. The van der Waals surface area contributed by atoms with E-state index in [4.69, 9.17) is 28.9 Å². The van der Waals surface area contributed by atoms with E-state index in [9.17, 15) is 9.59 Å². The quantitative estimate of drug-likeness (QED) is 0.683. The van der Waals surface area contributed by atoms with Gasteiger partial charge < -0.3 is 5.11 Å². The summed E-state index contributed by atoms with van der Waals surface area (Å²) in [6, 6.07) is 6.10. The smallest absolute Gasteiger partial charge is 0.326 e. The number of benzene rings is 1. The molecule has 0 saturated carbocycles. The fourth-order valence-corrected chi connectivity index (χ4v) is 3.26. The summed E-state index contributed by atoms with van der Waals surface area (Å²) in [4.78, 5) is 24.7. The molecule has 1 saturated heterocycles. The van der Waals surface area contributed by atoms with Gasteiger partial charge in [-0.05, 0) is 24.6 Å². The predicted molar refractivity (Wildman–Crippen MR) is 83.6 cm³/mol. The molecule has 1 amide bonds. The molecule has 0 aromatic heterocycles. The van der Waals surface area contributed by atoms with E-state index in [1.807, 2.05) is 0 Å². The fraction of sp³-hybridized carbons (Fsp3) is 0.154. The van der Waals surface area contributed by atoms with E-state index in [0.29, 0.717) is 15.5 Å². The van der Waals surface area contributed by atoms with Gasteiger partial charge in [0, 0.05) is 5.02 Å². The van der Waals surface area contributed by atoms with Gasteiger partial charge in [-0.1, -0.05) is 53.8 Å². The Balaban J connectivity index is 2.33. The van der Waals surface area contributed by atoms with Crippen LogP contribution >= 0.6 is 35.6 Å². The van der Waals surface area contributed by atoms with Gasteiger partial charge in [-0.3, -0.25) is 9.69 Å². The Morgan fingerprint density at radius 1 is 1.50 bits per heavy atom. The number of nitrogens with zero attached hydrogens (tertiary/aromatic N) is 1. The lowest BCUT2D eigenvalue weighted by Gasteiger charge is -2.18. The third-order valence-corrected chi connectivity index (χ3v) is 4.43. The predicted octanol–water partition coefficient (Wildman–Crippen LogP) is 3.01. The number of aliphatic carboxylic acids is 1. The Morgan fingerprint density at radius 2 is 2.15 bits per heavy atom. The first-order chi connectivity index (χ1) is 9.41. The molecule has 7 heteroatoms. The third-order valence-electron chi connectivity index (χ3n) is 2.76. The maximum atomic E-state index is 12.2. The summed E-state index contributed by atoms with van der Waals surface area (Å²) >= 11 is 12.2. The van der Waals surface area contributed by atoms with Gasteiger partial charge >= 0.3 is 5.97 Å².